The Balaban J connectivity index is 1.64. The van der Waals surface area contributed by atoms with Crippen LogP contribution in [0.1, 0.15) is 48.2 Å². The van der Waals surface area contributed by atoms with E-state index in [9.17, 15) is 9.59 Å². The zero-order valence-corrected chi connectivity index (χ0v) is 16.2. The topological polar surface area (TPSA) is 74.8 Å². The summed E-state index contributed by atoms with van der Waals surface area (Å²) in [6, 6.07) is 10.9. The van der Waals surface area contributed by atoms with Crippen LogP contribution in [0.3, 0.4) is 0 Å². The quantitative estimate of drug-likeness (QED) is 0.572. The van der Waals surface area contributed by atoms with E-state index in [-0.39, 0.29) is 36.5 Å². The van der Waals surface area contributed by atoms with E-state index in [0.717, 1.165) is 16.9 Å². The Bertz CT molecular complexity index is 899. The maximum Gasteiger partial charge on any atom is 0.221 e. The van der Waals surface area contributed by atoms with Crippen LogP contribution >= 0.6 is 22.9 Å². The van der Waals surface area contributed by atoms with E-state index in [1.54, 1.807) is 12.1 Å². The molecule has 0 aliphatic heterocycles. The lowest BCUT2D eigenvalue weighted by atomic mass is 10.0. The summed E-state index contributed by atoms with van der Waals surface area (Å²) in [5.41, 5.74) is 1.80. The van der Waals surface area contributed by atoms with Crippen LogP contribution in [-0.4, -0.2) is 21.7 Å². The number of hydrogen-bond acceptors (Lipinski definition) is 4. The molecule has 0 fully saturated rings. The first-order valence-electron chi connectivity index (χ1n) is 8.46. The predicted octanol–water partition coefficient (Wildman–Crippen LogP) is 4.75. The van der Waals surface area contributed by atoms with Gasteiger partial charge in [-0.15, -0.1) is 11.3 Å². The number of para-hydroxylation sites is 2. The Kier molecular flexibility index (Phi) is 5.74. The van der Waals surface area contributed by atoms with Crippen LogP contribution in [0.5, 0.6) is 0 Å². The minimum Gasteiger partial charge on any atom is -0.346 e. The smallest absolute Gasteiger partial charge is 0.221 e. The second-order valence-electron chi connectivity index (χ2n) is 6.46. The molecule has 0 saturated heterocycles. The van der Waals surface area contributed by atoms with Gasteiger partial charge in [-0.3, -0.25) is 9.59 Å². The number of nitrogens with zero attached hydrogens (tertiary/aromatic N) is 1. The van der Waals surface area contributed by atoms with Crippen LogP contribution in [0.2, 0.25) is 4.34 Å². The Hall–Kier alpha value is -2.18. The third-order valence-corrected chi connectivity index (χ3v) is 5.38. The molecule has 1 unspecified atom stereocenters. The molecule has 3 rings (SSSR count). The van der Waals surface area contributed by atoms with Crippen LogP contribution in [0, 0.1) is 5.92 Å². The monoisotopic (exact) mass is 389 g/mol. The van der Waals surface area contributed by atoms with Gasteiger partial charge in [0.1, 0.15) is 5.82 Å². The van der Waals surface area contributed by atoms with Gasteiger partial charge >= 0.3 is 0 Å². The predicted molar refractivity (Wildman–Crippen MR) is 105 cm³/mol. The van der Waals surface area contributed by atoms with Gasteiger partial charge in [0.05, 0.1) is 26.3 Å². The van der Waals surface area contributed by atoms with Crippen molar-refractivity contribution in [3.05, 3.63) is 51.4 Å². The summed E-state index contributed by atoms with van der Waals surface area (Å²) in [5, 5.41) is 3.00. The fourth-order valence-electron chi connectivity index (χ4n) is 2.73. The molecule has 1 aromatic carbocycles. The van der Waals surface area contributed by atoms with Gasteiger partial charge in [0, 0.05) is 12.8 Å². The average molecular weight is 390 g/mol. The summed E-state index contributed by atoms with van der Waals surface area (Å²) >= 11 is 7.08. The first-order valence-corrected chi connectivity index (χ1v) is 9.66. The first-order chi connectivity index (χ1) is 12.4. The normalized spacial score (nSPS) is 12.5. The second kappa shape index (κ2) is 8.01. The fourth-order valence-corrected chi connectivity index (χ4v) is 3.74. The van der Waals surface area contributed by atoms with Crippen molar-refractivity contribution in [2.75, 3.05) is 0 Å². The summed E-state index contributed by atoms with van der Waals surface area (Å²) < 4.78 is 0.572. The summed E-state index contributed by atoms with van der Waals surface area (Å²) in [6.45, 7) is 4.05. The molecule has 7 heteroatoms. The van der Waals surface area contributed by atoms with E-state index in [4.69, 9.17) is 11.6 Å². The van der Waals surface area contributed by atoms with E-state index >= 15 is 0 Å². The molecule has 0 aliphatic rings. The molecule has 2 aromatic heterocycles. The van der Waals surface area contributed by atoms with Gasteiger partial charge in [-0.05, 0) is 30.2 Å². The molecular formula is C19H20ClN3O2S. The molecule has 0 saturated carbocycles. The van der Waals surface area contributed by atoms with E-state index in [1.165, 1.54) is 11.3 Å². The lowest BCUT2D eigenvalue weighted by molar-refractivity contribution is -0.122. The van der Waals surface area contributed by atoms with Gasteiger partial charge in [0.25, 0.3) is 0 Å². The van der Waals surface area contributed by atoms with E-state index < -0.39 is 0 Å². The number of rotatable bonds is 7. The van der Waals surface area contributed by atoms with Crippen molar-refractivity contribution in [3.8, 4) is 0 Å². The number of carbonyl (C=O) groups is 2. The van der Waals surface area contributed by atoms with Crippen LogP contribution in [0.15, 0.2) is 36.4 Å². The molecule has 2 N–H and O–H groups in total. The van der Waals surface area contributed by atoms with E-state index in [0.29, 0.717) is 9.21 Å². The number of benzene rings is 1. The summed E-state index contributed by atoms with van der Waals surface area (Å²) in [4.78, 5) is 32.9. The molecule has 0 spiro atoms. The first kappa shape index (κ1) is 18.6. The number of imidazole rings is 1. The Labute approximate surface area is 160 Å². The molecular weight excluding hydrogens is 370 g/mol. The molecule has 0 radical (unpaired) electrons. The maximum atomic E-state index is 12.4. The highest BCUT2D eigenvalue weighted by Gasteiger charge is 2.22. The summed E-state index contributed by atoms with van der Waals surface area (Å²) in [6.07, 6.45) is 0.297. The number of Topliss-reactive ketones (excluding diaryl/α,β-unsaturated/α-hetero) is 1. The number of carbonyl (C=O) groups excluding carboxylic acids is 2. The van der Waals surface area contributed by atoms with Crippen LogP contribution in [0.4, 0.5) is 0 Å². The summed E-state index contributed by atoms with van der Waals surface area (Å²) in [5.74, 6) is 0.652. The molecule has 1 atom stereocenters. The Morgan fingerprint density at radius 1 is 1.19 bits per heavy atom. The van der Waals surface area contributed by atoms with Crippen molar-refractivity contribution in [1.29, 1.82) is 0 Å². The average Bonchev–Trinajstić information content (AvgIpc) is 3.23. The molecule has 0 bridgehead atoms. The zero-order chi connectivity index (χ0) is 18.7. The van der Waals surface area contributed by atoms with Crippen molar-refractivity contribution < 1.29 is 9.59 Å². The number of thiophene rings is 1. The van der Waals surface area contributed by atoms with Crippen LogP contribution in [-0.2, 0) is 4.79 Å². The number of nitrogens with one attached hydrogen (secondary N) is 2. The largest absolute Gasteiger partial charge is 0.346 e. The van der Waals surface area contributed by atoms with Gasteiger partial charge in [0.2, 0.25) is 5.91 Å². The molecule has 0 aliphatic carbocycles. The number of aromatic nitrogens is 2. The highest BCUT2D eigenvalue weighted by molar-refractivity contribution is 7.18. The van der Waals surface area contributed by atoms with Crippen molar-refractivity contribution in [2.24, 2.45) is 5.92 Å². The lowest BCUT2D eigenvalue weighted by Crippen LogP contribution is -2.32. The molecule has 5 nitrogen and oxygen atoms in total. The van der Waals surface area contributed by atoms with Gasteiger partial charge in [-0.1, -0.05) is 37.6 Å². The SMILES string of the molecule is CC(C)C(NC(=O)CCC(=O)c1ccc(Cl)s1)c1nc2ccccc2[nH]1. The van der Waals surface area contributed by atoms with Crippen molar-refractivity contribution in [1.82, 2.24) is 15.3 Å². The standard InChI is InChI=1S/C19H20ClN3O2S/c1-11(2)18(19-21-12-5-3-4-6-13(12)22-19)23-17(25)10-7-14(24)15-8-9-16(20)26-15/h3-6,8-9,11,18H,7,10H2,1-2H3,(H,21,22)(H,23,25). The number of halogens is 1. The number of hydrogen-bond donors (Lipinski definition) is 2. The van der Waals surface area contributed by atoms with Crippen LogP contribution < -0.4 is 5.32 Å². The lowest BCUT2D eigenvalue weighted by Gasteiger charge is -2.20. The van der Waals surface area contributed by atoms with E-state index in [1.807, 2.05) is 38.1 Å². The third-order valence-electron chi connectivity index (χ3n) is 4.11. The van der Waals surface area contributed by atoms with Gasteiger partial charge < -0.3 is 10.3 Å². The van der Waals surface area contributed by atoms with Crippen LogP contribution in [0.25, 0.3) is 11.0 Å². The molecule has 2 heterocycles. The summed E-state index contributed by atoms with van der Waals surface area (Å²) in [7, 11) is 0. The van der Waals surface area contributed by atoms with Crippen molar-refractivity contribution >= 4 is 45.7 Å². The van der Waals surface area contributed by atoms with Crippen molar-refractivity contribution in [2.45, 2.75) is 32.7 Å². The van der Waals surface area contributed by atoms with Gasteiger partial charge in [-0.25, -0.2) is 4.98 Å². The van der Waals surface area contributed by atoms with Gasteiger partial charge in [-0.2, -0.15) is 0 Å². The Morgan fingerprint density at radius 2 is 1.96 bits per heavy atom. The molecule has 3 aromatic rings. The number of amides is 1. The zero-order valence-electron chi connectivity index (χ0n) is 14.6. The number of H-pyrrole nitrogens is 1. The van der Waals surface area contributed by atoms with E-state index in [2.05, 4.69) is 15.3 Å². The molecule has 1 amide bonds. The van der Waals surface area contributed by atoms with Gasteiger partial charge in [0.15, 0.2) is 5.78 Å². The highest BCUT2D eigenvalue weighted by Crippen LogP contribution is 2.24. The third kappa shape index (κ3) is 4.31. The second-order valence-corrected chi connectivity index (χ2v) is 8.17. The number of fused-ring (bicyclic) bond motifs is 1. The maximum absolute atomic E-state index is 12.4. The minimum atomic E-state index is -0.235. The number of ketones is 1. The Morgan fingerprint density at radius 3 is 2.62 bits per heavy atom. The minimum absolute atomic E-state index is 0.0677. The highest BCUT2D eigenvalue weighted by atomic mass is 35.5. The van der Waals surface area contributed by atoms with Crippen molar-refractivity contribution in [3.63, 3.8) is 0 Å². The fraction of sp³-hybridized carbons (Fsp3) is 0.316. The molecule has 26 heavy (non-hydrogen) atoms. The number of aromatic amines is 1. The molecule has 136 valence electrons.